The van der Waals surface area contributed by atoms with Gasteiger partial charge in [-0.1, -0.05) is 0 Å². The Morgan fingerprint density at radius 3 is 2.68 bits per heavy atom. The second-order valence-electron chi connectivity index (χ2n) is 4.56. The molecule has 6 nitrogen and oxygen atoms in total. The van der Waals surface area contributed by atoms with E-state index >= 15 is 0 Å². The van der Waals surface area contributed by atoms with E-state index in [1.165, 1.54) is 0 Å². The first-order valence-electron chi connectivity index (χ1n) is 6.10. The molecule has 0 bridgehead atoms. The minimum Gasteiger partial charge on any atom is -0.464 e. The lowest BCUT2D eigenvalue weighted by atomic mass is 10.2. The van der Waals surface area contributed by atoms with Gasteiger partial charge in [0, 0.05) is 13.1 Å². The number of furan rings is 1. The number of nitrogens with one attached hydrogen (secondary N) is 2. The van der Waals surface area contributed by atoms with Crippen molar-refractivity contribution in [3.05, 3.63) is 35.4 Å². The summed E-state index contributed by atoms with van der Waals surface area (Å²) < 4.78 is 7.09. The summed E-state index contributed by atoms with van der Waals surface area (Å²) in [5.41, 5.74) is 0.854. The largest absolute Gasteiger partial charge is 0.464 e. The number of anilines is 1. The Kier molecular flexibility index (Phi) is 3.59. The third kappa shape index (κ3) is 3.15. The van der Waals surface area contributed by atoms with Crippen molar-refractivity contribution in [1.29, 1.82) is 0 Å². The van der Waals surface area contributed by atoms with E-state index in [-0.39, 0.29) is 12.1 Å². The van der Waals surface area contributed by atoms with Crippen molar-refractivity contribution in [1.82, 2.24) is 15.1 Å². The molecule has 0 spiro atoms. The van der Waals surface area contributed by atoms with Crippen molar-refractivity contribution in [2.75, 3.05) is 5.32 Å². The maximum atomic E-state index is 11.9. The van der Waals surface area contributed by atoms with Crippen molar-refractivity contribution >= 4 is 11.8 Å². The molecule has 0 saturated heterocycles. The molecule has 102 valence electrons. The first kappa shape index (κ1) is 13.2. The summed E-state index contributed by atoms with van der Waals surface area (Å²) in [6.45, 7) is 5.61. The van der Waals surface area contributed by atoms with Crippen LogP contribution in [0.2, 0.25) is 0 Å². The van der Waals surface area contributed by atoms with Crippen molar-refractivity contribution < 1.29 is 9.21 Å². The molecule has 2 N–H and O–H groups in total. The molecule has 2 aromatic rings. The number of urea groups is 1. The van der Waals surface area contributed by atoms with E-state index < -0.39 is 0 Å². The smallest absolute Gasteiger partial charge is 0.320 e. The average molecular weight is 262 g/mol. The number of hydrogen-bond donors (Lipinski definition) is 2. The van der Waals surface area contributed by atoms with E-state index in [2.05, 4.69) is 15.7 Å². The predicted molar refractivity (Wildman–Crippen MR) is 72.0 cm³/mol. The van der Waals surface area contributed by atoms with Gasteiger partial charge in [0.1, 0.15) is 17.3 Å². The molecule has 2 heterocycles. The highest BCUT2D eigenvalue weighted by Crippen LogP contribution is 2.16. The Labute approximate surface area is 111 Å². The van der Waals surface area contributed by atoms with Crippen molar-refractivity contribution in [2.24, 2.45) is 7.05 Å². The van der Waals surface area contributed by atoms with E-state index in [4.69, 9.17) is 4.42 Å². The van der Waals surface area contributed by atoms with Crippen molar-refractivity contribution in [3.8, 4) is 0 Å². The summed E-state index contributed by atoms with van der Waals surface area (Å²) in [4.78, 5) is 11.9. The molecule has 0 aliphatic rings. The number of aryl methyl sites for hydroxylation is 3. The van der Waals surface area contributed by atoms with Crippen molar-refractivity contribution in [2.45, 2.75) is 26.8 Å². The minimum atomic E-state index is -0.287. The Balaban J connectivity index is 1.96. The van der Waals surface area contributed by atoms with Gasteiger partial charge in [-0.25, -0.2) is 4.79 Å². The molecular formula is C13H18N4O2. The van der Waals surface area contributed by atoms with Gasteiger partial charge in [-0.2, -0.15) is 5.10 Å². The Morgan fingerprint density at radius 1 is 1.42 bits per heavy atom. The number of aromatic nitrogens is 2. The molecule has 0 aromatic carbocycles. The third-order valence-corrected chi connectivity index (χ3v) is 2.78. The highest BCUT2D eigenvalue weighted by molar-refractivity contribution is 5.88. The topological polar surface area (TPSA) is 72.1 Å². The average Bonchev–Trinajstić information content (AvgIpc) is 2.86. The maximum absolute atomic E-state index is 11.9. The summed E-state index contributed by atoms with van der Waals surface area (Å²) in [7, 11) is 1.78. The molecule has 0 saturated carbocycles. The van der Waals surface area contributed by atoms with Crippen LogP contribution in [0, 0.1) is 13.8 Å². The lowest BCUT2D eigenvalue weighted by molar-refractivity contribution is 0.247. The fraction of sp³-hybridized carbons (Fsp3) is 0.385. The standard InChI is InChI=1S/C13H18N4O2/c1-8-7-12(17(4)16-8)15-13(18)14-10(3)11-6-5-9(2)19-11/h5-7,10H,1-4H3,(H2,14,15,18)/t10-/m0/s1. The number of rotatable bonds is 3. The summed E-state index contributed by atoms with van der Waals surface area (Å²) in [5.74, 6) is 2.21. The maximum Gasteiger partial charge on any atom is 0.320 e. The summed E-state index contributed by atoms with van der Waals surface area (Å²) >= 11 is 0. The molecule has 0 fully saturated rings. The van der Waals surface area contributed by atoms with Gasteiger partial charge in [0.25, 0.3) is 0 Å². The van der Waals surface area contributed by atoms with Crippen LogP contribution >= 0.6 is 0 Å². The van der Waals surface area contributed by atoms with Crippen LogP contribution in [-0.4, -0.2) is 15.8 Å². The van der Waals surface area contributed by atoms with Gasteiger partial charge < -0.3 is 9.73 Å². The molecule has 2 amide bonds. The zero-order valence-electron chi connectivity index (χ0n) is 11.5. The quantitative estimate of drug-likeness (QED) is 0.892. The SMILES string of the molecule is Cc1cc(NC(=O)N[C@@H](C)c2ccc(C)o2)n(C)n1. The molecule has 0 aliphatic heterocycles. The van der Waals surface area contributed by atoms with E-state index in [0.29, 0.717) is 5.82 Å². The molecule has 2 rings (SSSR count). The van der Waals surface area contributed by atoms with Gasteiger partial charge in [0.05, 0.1) is 11.7 Å². The van der Waals surface area contributed by atoms with E-state index in [9.17, 15) is 4.79 Å². The number of carbonyl (C=O) groups is 1. The van der Waals surface area contributed by atoms with E-state index in [0.717, 1.165) is 17.2 Å². The van der Waals surface area contributed by atoms with Gasteiger partial charge in [0.2, 0.25) is 0 Å². The minimum absolute atomic E-state index is 0.192. The van der Waals surface area contributed by atoms with Crippen LogP contribution < -0.4 is 10.6 Å². The molecule has 1 atom stereocenters. The van der Waals surface area contributed by atoms with Crippen LogP contribution in [0.1, 0.15) is 30.2 Å². The molecule has 2 aromatic heterocycles. The van der Waals surface area contributed by atoms with Gasteiger partial charge in [0.15, 0.2) is 0 Å². The second kappa shape index (κ2) is 5.17. The molecule has 19 heavy (non-hydrogen) atoms. The first-order chi connectivity index (χ1) is 8.95. The van der Waals surface area contributed by atoms with Crippen LogP contribution in [0.4, 0.5) is 10.6 Å². The summed E-state index contributed by atoms with van der Waals surface area (Å²) in [6.07, 6.45) is 0. The number of carbonyl (C=O) groups excluding carboxylic acids is 1. The molecule has 0 radical (unpaired) electrons. The lowest BCUT2D eigenvalue weighted by Crippen LogP contribution is -2.31. The lowest BCUT2D eigenvalue weighted by Gasteiger charge is -2.12. The number of hydrogen-bond acceptors (Lipinski definition) is 3. The molecule has 0 aliphatic carbocycles. The molecular weight excluding hydrogens is 244 g/mol. The van der Waals surface area contributed by atoms with Crippen molar-refractivity contribution in [3.63, 3.8) is 0 Å². The normalized spacial score (nSPS) is 12.2. The third-order valence-electron chi connectivity index (χ3n) is 2.78. The Bertz CT molecular complexity index is 585. The van der Waals surface area contributed by atoms with Gasteiger partial charge in [-0.15, -0.1) is 0 Å². The van der Waals surface area contributed by atoms with Gasteiger partial charge >= 0.3 is 6.03 Å². The van der Waals surface area contributed by atoms with Gasteiger partial charge in [-0.05, 0) is 32.9 Å². The predicted octanol–water partition coefficient (Wildman–Crippen LogP) is 2.51. The highest BCUT2D eigenvalue weighted by atomic mass is 16.3. The van der Waals surface area contributed by atoms with E-state index in [1.54, 1.807) is 17.8 Å². The number of amides is 2. The summed E-state index contributed by atoms with van der Waals surface area (Å²) in [5, 5.41) is 9.72. The fourth-order valence-corrected chi connectivity index (χ4v) is 1.83. The monoisotopic (exact) mass is 262 g/mol. The van der Waals surface area contributed by atoms with Crippen LogP contribution in [-0.2, 0) is 7.05 Å². The zero-order valence-corrected chi connectivity index (χ0v) is 11.5. The van der Waals surface area contributed by atoms with Gasteiger partial charge in [-0.3, -0.25) is 10.00 Å². The van der Waals surface area contributed by atoms with Crippen LogP contribution in [0.15, 0.2) is 22.6 Å². The fourth-order valence-electron chi connectivity index (χ4n) is 1.83. The number of nitrogens with zero attached hydrogens (tertiary/aromatic N) is 2. The van der Waals surface area contributed by atoms with Crippen LogP contribution in [0.3, 0.4) is 0 Å². The first-order valence-corrected chi connectivity index (χ1v) is 6.10. The Morgan fingerprint density at radius 2 is 2.16 bits per heavy atom. The Hall–Kier alpha value is -2.24. The van der Waals surface area contributed by atoms with E-state index in [1.807, 2.05) is 32.9 Å². The molecule has 0 unspecified atom stereocenters. The van der Waals surface area contributed by atoms with Crippen LogP contribution in [0.25, 0.3) is 0 Å². The zero-order chi connectivity index (χ0) is 14.0. The molecule has 6 heteroatoms. The summed E-state index contributed by atoms with van der Waals surface area (Å²) in [6, 6.07) is 5.05. The second-order valence-corrected chi connectivity index (χ2v) is 4.56. The highest BCUT2D eigenvalue weighted by Gasteiger charge is 2.13. The van der Waals surface area contributed by atoms with Crippen LogP contribution in [0.5, 0.6) is 0 Å².